The van der Waals surface area contributed by atoms with Crippen molar-refractivity contribution in [3.05, 3.63) is 95.6 Å². The monoisotopic (exact) mass is 459 g/mol. The molecule has 7 heteroatoms. The molecule has 0 aliphatic rings. The molecule has 3 aromatic carbocycles. The fourth-order valence-corrected chi connectivity index (χ4v) is 3.36. The smallest absolute Gasteiger partial charge is 0.262 e. The highest BCUT2D eigenvalue weighted by Crippen LogP contribution is 2.18. The molecule has 0 fully saturated rings. The molecule has 0 spiro atoms. The molecule has 0 heterocycles. The number of para-hydroxylation sites is 1. The van der Waals surface area contributed by atoms with Crippen LogP contribution in [0.4, 0.5) is 5.69 Å². The third kappa shape index (κ3) is 6.93. The molecule has 0 saturated heterocycles. The van der Waals surface area contributed by atoms with Crippen LogP contribution in [0.3, 0.4) is 0 Å². The van der Waals surface area contributed by atoms with Gasteiger partial charge in [-0.3, -0.25) is 14.4 Å². The van der Waals surface area contributed by atoms with Crippen LogP contribution in [0.15, 0.2) is 78.9 Å². The Morgan fingerprint density at radius 2 is 1.56 bits per heavy atom. The lowest BCUT2D eigenvalue weighted by molar-refractivity contribution is -0.132. The maximum absolute atomic E-state index is 12.9. The highest BCUT2D eigenvalue weighted by molar-refractivity contribution is 5.99. The summed E-state index contributed by atoms with van der Waals surface area (Å²) in [6.07, 6.45) is 0. The molecular weight excluding hydrogens is 430 g/mol. The Kier molecular flexibility index (Phi) is 8.40. The van der Waals surface area contributed by atoms with Crippen molar-refractivity contribution in [1.29, 1.82) is 0 Å². The molecule has 3 amide bonds. The molecule has 1 atom stereocenters. The first-order valence-electron chi connectivity index (χ1n) is 11.0. The first kappa shape index (κ1) is 24.5. The highest BCUT2D eigenvalue weighted by Gasteiger charge is 2.22. The van der Waals surface area contributed by atoms with Crippen LogP contribution in [-0.2, 0) is 16.1 Å². The summed E-state index contributed by atoms with van der Waals surface area (Å²) < 4.78 is 5.62. The van der Waals surface area contributed by atoms with Crippen LogP contribution in [0, 0.1) is 6.92 Å². The topological polar surface area (TPSA) is 87.7 Å². The number of ether oxygens (including phenoxy) is 1. The number of likely N-dealkylation sites (N-methyl/N-ethyl adjacent to an activating group) is 1. The minimum atomic E-state index is -0.737. The third-order valence-corrected chi connectivity index (χ3v) is 5.18. The molecule has 0 saturated carbocycles. The van der Waals surface area contributed by atoms with E-state index in [2.05, 4.69) is 10.6 Å². The summed E-state index contributed by atoms with van der Waals surface area (Å²) in [6, 6.07) is 22.9. The first-order valence-corrected chi connectivity index (χ1v) is 11.0. The Morgan fingerprint density at radius 1 is 0.912 bits per heavy atom. The minimum absolute atomic E-state index is 0.215. The van der Waals surface area contributed by atoms with E-state index >= 15 is 0 Å². The van der Waals surface area contributed by atoms with E-state index in [9.17, 15) is 14.4 Å². The van der Waals surface area contributed by atoms with Crippen LogP contribution >= 0.6 is 0 Å². The molecule has 0 aromatic heterocycles. The number of benzene rings is 3. The van der Waals surface area contributed by atoms with Crippen molar-refractivity contribution < 1.29 is 19.1 Å². The quantitative estimate of drug-likeness (QED) is 0.510. The predicted molar refractivity (Wildman–Crippen MR) is 132 cm³/mol. The molecule has 34 heavy (non-hydrogen) atoms. The second-order valence-corrected chi connectivity index (χ2v) is 8.07. The van der Waals surface area contributed by atoms with Crippen LogP contribution in [0.1, 0.15) is 28.4 Å². The van der Waals surface area contributed by atoms with Crippen molar-refractivity contribution in [2.75, 3.05) is 19.0 Å². The lowest BCUT2D eigenvalue weighted by atomic mass is 10.1. The van der Waals surface area contributed by atoms with Crippen LogP contribution in [0.5, 0.6) is 5.75 Å². The number of anilines is 1. The van der Waals surface area contributed by atoms with Crippen LogP contribution in [0.25, 0.3) is 0 Å². The molecule has 7 nitrogen and oxygen atoms in total. The van der Waals surface area contributed by atoms with Gasteiger partial charge in [-0.15, -0.1) is 0 Å². The number of amides is 3. The zero-order valence-corrected chi connectivity index (χ0v) is 19.6. The van der Waals surface area contributed by atoms with Gasteiger partial charge >= 0.3 is 0 Å². The first-order chi connectivity index (χ1) is 16.3. The number of hydrogen-bond donors (Lipinski definition) is 2. The maximum atomic E-state index is 12.9. The Morgan fingerprint density at radius 3 is 2.26 bits per heavy atom. The van der Waals surface area contributed by atoms with Crippen molar-refractivity contribution >= 4 is 23.4 Å². The number of hydrogen-bond acceptors (Lipinski definition) is 4. The molecule has 3 rings (SSSR count). The van der Waals surface area contributed by atoms with Crippen molar-refractivity contribution in [3.8, 4) is 5.75 Å². The Hall–Kier alpha value is -4.13. The average molecular weight is 460 g/mol. The summed E-state index contributed by atoms with van der Waals surface area (Å²) in [5.41, 5.74) is 3.00. The van der Waals surface area contributed by atoms with Crippen molar-refractivity contribution in [3.63, 3.8) is 0 Å². The normalized spacial score (nSPS) is 11.3. The van der Waals surface area contributed by atoms with Crippen LogP contribution in [-0.4, -0.2) is 42.3 Å². The Balaban J connectivity index is 1.57. The minimum Gasteiger partial charge on any atom is -0.483 e. The van der Waals surface area contributed by atoms with Crippen molar-refractivity contribution in [2.45, 2.75) is 26.4 Å². The molecule has 2 N–H and O–H groups in total. The molecule has 176 valence electrons. The maximum Gasteiger partial charge on any atom is 0.262 e. The van der Waals surface area contributed by atoms with E-state index < -0.39 is 11.9 Å². The predicted octanol–water partition coefficient (Wildman–Crippen LogP) is 3.79. The van der Waals surface area contributed by atoms with E-state index in [4.69, 9.17) is 4.74 Å². The zero-order valence-electron chi connectivity index (χ0n) is 19.6. The van der Waals surface area contributed by atoms with Gasteiger partial charge < -0.3 is 20.3 Å². The summed E-state index contributed by atoms with van der Waals surface area (Å²) >= 11 is 0. The number of carbonyl (C=O) groups excluding carboxylic acids is 3. The van der Waals surface area contributed by atoms with Gasteiger partial charge in [0.05, 0.1) is 5.56 Å². The summed E-state index contributed by atoms with van der Waals surface area (Å²) in [4.78, 5) is 39.4. The SMILES string of the molecule is Cc1ccc(NC(=O)COc2ccccc2C(=O)N[C@H](C)C(=O)N(C)Cc2ccccc2)cc1. The average Bonchev–Trinajstić information content (AvgIpc) is 2.84. The van der Waals surface area contributed by atoms with Crippen molar-refractivity contribution in [1.82, 2.24) is 10.2 Å². The van der Waals surface area contributed by atoms with Gasteiger partial charge in [-0.1, -0.05) is 60.2 Å². The van der Waals surface area contributed by atoms with E-state index in [0.717, 1.165) is 11.1 Å². The Bertz CT molecular complexity index is 1130. The highest BCUT2D eigenvalue weighted by atomic mass is 16.5. The third-order valence-electron chi connectivity index (χ3n) is 5.18. The standard InChI is InChI=1S/C27H29N3O4/c1-19-13-15-22(16-14-19)29-25(31)18-34-24-12-8-7-11-23(24)26(32)28-20(2)27(33)30(3)17-21-9-5-4-6-10-21/h4-16,20H,17-18H2,1-3H3,(H,28,32)(H,29,31)/t20-/m1/s1. The van der Waals surface area contributed by atoms with Gasteiger partial charge in [0.15, 0.2) is 6.61 Å². The fraction of sp³-hybridized carbons (Fsp3) is 0.222. The number of nitrogens with zero attached hydrogens (tertiary/aromatic N) is 1. The Labute approximate surface area is 199 Å². The molecular formula is C27H29N3O4. The summed E-state index contributed by atoms with van der Waals surface area (Å²) in [7, 11) is 1.70. The van der Waals surface area contributed by atoms with Gasteiger partial charge in [0.25, 0.3) is 11.8 Å². The zero-order chi connectivity index (χ0) is 24.5. The molecule has 0 radical (unpaired) electrons. The van der Waals surface area contributed by atoms with Gasteiger partial charge in [0.2, 0.25) is 5.91 Å². The number of aryl methyl sites for hydroxylation is 1. The molecule has 0 bridgehead atoms. The van der Waals surface area contributed by atoms with E-state index in [0.29, 0.717) is 12.2 Å². The van der Waals surface area contributed by atoms with Gasteiger partial charge in [-0.05, 0) is 43.7 Å². The van der Waals surface area contributed by atoms with Gasteiger partial charge in [0, 0.05) is 19.3 Å². The van der Waals surface area contributed by atoms with Gasteiger partial charge in [-0.25, -0.2) is 0 Å². The van der Waals surface area contributed by atoms with E-state index in [1.165, 1.54) is 0 Å². The van der Waals surface area contributed by atoms with E-state index in [1.807, 2.05) is 61.5 Å². The molecule has 0 unspecified atom stereocenters. The lowest BCUT2D eigenvalue weighted by Crippen LogP contribution is -2.45. The van der Waals surface area contributed by atoms with E-state index in [-0.39, 0.29) is 29.7 Å². The number of nitrogens with one attached hydrogen (secondary N) is 2. The summed E-state index contributed by atoms with van der Waals surface area (Å²) in [6.45, 7) is 3.79. The number of carbonyl (C=O) groups is 3. The second kappa shape index (κ2) is 11.7. The number of rotatable bonds is 9. The second-order valence-electron chi connectivity index (χ2n) is 8.07. The summed E-state index contributed by atoms with van der Waals surface area (Å²) in [5, 5.41) is 5.48. The van der Waals surface area contributed by atoms with Crippen LogP contribution < -0.4 is 15.4 Å². The molecule has 3 aromatic rings. The molecule has 0 aliphatic heterocycles. The largest absolute Gasteiger partial charge is 0.483 e. The van der Waals surface area contributed by atoms with Crippen molar-refractivity contribution in [2.24, 2.45) is 0 Å². The van der Waals surface area contributed by atoms with Gasteiger partial charge in [-0.2, -0.15) is 0 Å². The summed E-state index contributed by atoms with van der Waals surface area (Å²) in [5.74, 6) is -0.752. The van der Waals surface area contributed by atoms with Gasteiger partial charge in [0.1, 0.15) is 11.8 Å². The molecule has 0 aliphatic carbocycles. The fourth-order valence-electron chi connectivity index (χ4n) is 3.36. The van der Waals surface area contributed by atoms with E-state index in [1.54, 1.807) is 43.1 Å². The lowest BCUT2D eigenvalue weighted by Gasteiger charge is -2.22. The van der Waals surface area contributed by atoms with Crippen LogP contribution in [0.2, 0.25) is 0 Å².